The van der Waals surface area contributed by atoms with Gasteiger partial charge in [0.05, 0.1) is 18.0 Å². The molecule has 0 aliphatic heterocycles. The van der Waals surface area contributed by atoms with Crippen molar-refractivity contribution >= 4 is 21.6 Å². The molecule has 6 nitrogen and oxygen atoms in total. The van der Waals surface area contributed by atoms with Gasteiger partial charge in [0.1, 0.15) is 5.75 Å². The predicted molar refractivity (Wildman–Crippen MR) is 127 cm³/mol. The molecule has 0 saturated heterocycles. The van der Waals surface area contributed by atoms with E-state index in [1.54, 1.807) is 31.2 Å². The van der Waals surface area contributed by atoms with E-state index >= 15 is 0 Å². The number of carbonyl (C=O) groups is 1. The van der Waals surface area contributed by atoms with Crippen LogP contribution in [0.1, 0.15) is 29.7 Å². The Morgan fingerprint density at radius 1 is 0.938 bits per heavy atom. The van der Waals surface area contributed by atoms with Gasteiger partial charge in [-0.15, -0.1) is 0 Å². The summed E-state index contributed by atoms with van der Waals surface area (Å²) < 4.78 is 30.4. The Hall–Kier alpha value is -3.32. The molecule has 1 amide bonds. The molecule has 168 valence electrons. The molecule has 3 rings (SSSR count). The average Bonchev–Trinajstić information content (AvgIpc) is 2.78. The zero-order valence-corrected chi connectivity index (χ0v) is 19.5. The quantitative estimate of drug-likeness (QED) is 0.559. The van der Waals surface area contributed by atoms with Crippen LogP contribution in [-0.4, -0.2) is 33.7 Å². The minimum Gasteiger partial charge on any atom is -0.481 e. The van der Waals surface area contributed by atoms with Crippen LogP contribution in [-0.2, 0) is 14.8 Å². The first-order valence-corrected chi connectivity index (χ1v) is 12.1. The van der Waals surface area contributed by atoms with Crippen molar-refractivity contribution in [3.05, 3.63) is 95.6 Å². The molecule has 1 N–H and O–H groups in total. The van der Waals surface area contributed by atoms with E-state index in [0.717, 1.165) is 22.9 Å². The minimum atomic E-state index is -3.35. The summed E-state index contributed by atoms with van der Waals surface area (Å²) in [6, 6.07) is 24.0. The Morgan fingerprint density at radius 2 is 1.53 bits per heavy atom. The number of anilines is 1. The number of rotatable bonds is 8. The lowest BCUT2D eigenvalue weighted by atomic mass is 9.95. The number of nitrogens with one attached hydrogen (secondary N) is 1. The van der Waals surface area contributed by atoms with Crippen LogP contribution in [0.4, 0.5) is 5.69 Å². The van der Waals surface area contributed by atoms with Gasteiger partial charge in [-0.25, -0.2) is 8.42 Å². The molecular formula is C25H28N2O4S. The summed E-state index contributed by atoms with van der Waals surface area (Å²) in [6.07, 6.45) is 0.394. The van der Waals surface area contributed by atoms with Gasteiger partial charge >= 0.3 is 0 Å². The van der Waals surface area contributed by atoms with Gasteiger partial charge in [-0.3, -0.25) is 9.10 Å². The van der Waals surface area contributed by atoms with Gasteiger partial charge in [0.2, 0.25) is 10.0 Å². The highest BCUT2D eigenvalue weighted by Crippen LogP contribution is 2.26. The van der Waals surface area contributed by atoms with Crippen LogP contribution in [0, 0.1) is 6.92 Å². The van der Waals surface area contributed by atoms with Crippen molar-refractivity contribution in [1.82, 2.24) is 5.32 Å². The van der Waals surface area contributed by atoms with Crippen molar-refractivity contribution in [1.29, 1.82) is 0 Å². The zero-order valence-electron chi connectivity index (χ0n) is 18.6. The van der Waals surface area contributed by atoms with Gasteiger partial charge in [-0.2, -0.15) is 0 Å². The largest absolute Gasteiger partial charge is 0.481 e. The first kappa shape index (κ1) is 23.3. The molecular weight excluding hydrogens is 424 g/mol. The molecule has 0 aliphatic carbocycles. The smallest absolute Gasteiger partial charge is 0.261 e. The van der Waals surface area contributed by atoms with Crippen LogP contribution < -0.4 is 14.4 Å². The third kappa shape index (κ3) is 5.68. The number of nitrogens with zero attached hydrogens (tertiary/aromatic N) is 1. The third-order valence-electron chi connectivity index (χ3n) is 5.30. The van der Waals surface area contributed by atoms with Gasteiger partial charge in [-0.1, -0.05) is 54.6 Å². The van der Waals surface area contributed by atoms with Crippen molar-refractivity contribution < 1.29 is 17.9 Å². The lowest BCUT2D eigenvalue weighted by molar-refractivity contribution is -0.127. The number of amides is 1. The summed E-state index contributed by atoms with van der Waals surface area (Å²) in [5, 5.41) is 3.11. The number of carbonyl (C=O) groups excluding carboxylic acids is 1. The Bertz CT molecular complexity index is 1160. The third-order valence-corrected chi connectivity index (χ3v) is 6.50. The van der Waals surface area contributed by atoms with Crippen LogP contribution >= 0.6 is 0 Å². The van der Waals surface area contributed by atoms with Crippen molar-refractivity contribution in [3.63, 3.8) is 0 Å². The van der Waals surface area contributed by atoms with Crippen molar-refractivity contribution in [2.45, 2.75) is 26.0 Å². The highest BCUT2D eigenvalue weighted by atomic mass is 32.2. The fraction of sp³-hybridized carbons (Fsp3) is 0.240. The van der Waals surface area contributed by atoms with E-state index in [-0.39, 0.29) is 11.9 Å². The van der Waals surface area contributed by atoms with Crippen LogP contribution in [0.3, 0.4) is 0 Å². The molecule has 3 aromatic rings. The van der Waals surface area contributed by atoms with Gasteiger partial charge in [0, 0.05) is 7.05 Å². The first-order chi connectivity index (χ1) is 15.2. The fourth-order valence-electron chi connectivity index (χ4n) is 3.34. The maximum Gasteiger partial charge on any atom is 0.261 e. The van der Waals surface area contributed by atoms with Crippen LogP contribution in [0.2, 0.25) is 0 Å². The Morgan fingerprint density at radius 3 is 2.12 bits per heavy atom. The van der Waals surface area contributed by atoms with Crippen molar-refractivity contribution in [2.75, 3.05) is 17.6 Å². The molecule has 0 aliphatic rings. The highest BCUT2D eigenvalue weighted by molar-refractivity contribution is 7.92. The lowest BCUT2D eigenvalue weighted by Crippen LogP contribution is -2.39. The van der Waals surface area contributed by atoms with E-state index in [9.17, 15) is 13.2 Å². The van der Waals surface area contributed by atoms with Gasteiger partial charge in [0.25, 0.3) is 5.91 Å². The van der Waals surface area contributed by atoms with Crippen molar-refractivity contribution in [3.8, 4) is 5.75 Å². The maximum absolute atomic E-state index is 13.0. The lowest BCUT2D eigenvalue weighted by Gasteiger charge is -2.24. The normalized spacial score (nSPS) is 13.1. The minimum absolute atomic E-state index is 0.251. The van der Waals surface area contributed by atoms with Crippen molar-refractivity contribution in [2.24, 2.45) is 0 Å². The number of hydrogen-bond donors (Lipinski definition) is 1. The summed E-state index contributed by atoms with van der Waals surface area (Å²) >= 11 is 0. The second-order valence-corrected chi connectivity index (χ2v) is 9.71. The molecule has 0 unspecified atom stereocenters. The summed E-state index contributed by atoms with van der Waals surface area (Å²) in [5.74, 6) is 0.227. The van der Waals surface area contributed by atoms with Crippen LogP contribution in [0.25, 0.3) is 0 Å². The van der Waals surface area contributed by atoms with E-state index in [0.29, 0.717) is 11.4 Å². The SMILES string of the molecule is Cc1ccccc1[C@@H](NC(=O)[C@H](C)Oc1ccc(N(C)S(C)(=O)=O)cc1)c1ccccc1. The van der Waals surface area contributed by atoms with Crippen LogP contribution in [0.5, 0.6) is 5.75 Å². The Kier molecular flexibility index (Phi) is 7.20. The summed E-state index contributed by atoms with van der Waals surface area (Å²) in [4.78, 5) is 13.0. The summed E-state index contributed by atoms with van der Waals surface area (Å²) in [6.45, 7) is 3.71. The average molecular weight is 453 g/mol. The molecule has 2 atom stereocenters. The maximum atomic E-state index is 13.0. The molecule has 3 aromatic carbocycles. The first-order valence-electron chi connectivity index (χ1n) is 10.3. The van der Waals surface area contributed by atoms with E-state index in [1.165, 1.54) is 11.4 Å². The molecule has 0 saturated carbocycles. The van der Waals surface area contributed by atoms with E-state index in [2.05, 4.69) is 5.32 Å². The van der Waals surface area contributed by atoms with Crippen LogP contribution in [0.15, 0.2) is 78.9 Å². The Labute approximate surface area is 189 Å². The fourth-order valence-corrected chi connectivity index (χ4v) is 3.84. The van der Waals surface area contributed by atoms with Gasteiger partial charge < -0.3 is 10.1 Å². The van der Waals surface area contributed by atoms with Gasteiger partial charge in [0.15, 0.2) is 6.10 Å². The molecule has 32 heavy (non-hydrogen) atoms. The summed E-state index contributed by atoms with van der Waals surface area (Å²) in [5.41, 5.74) is 3.60. The number of ether oxygens (including phenoxy) is 1. The second kappa shape index (κ2) is 9.87. The Balaban J connectivity index is 1.75. The second-order valence-electron chi connectivity index (χ2n) is 7.69. The zero-order chi connectivity index (χ0) is 23.3. The van der Waals surface area contributed by atoms with E-state index < -0.39 is 16.1 Å². The molecule has 0 aromatic heterocycles. The van der Waals surface area contributed by atoms with Gasteiger partial charge in [-0.05, 0) is 54.8 Å². The van der Waals surface area contributed by atoms with E-state index in [1.807, 2.05) is 61.5 Å². The highest BCUT2D eigenvalue weighted by Gasteiger charge is 2.23. The number of sulfonamides is 1. The molecule has 0 fully saturated rings. The molecule has 0 heterocycles. The standard InChI is InChI=1S/C25H28N2O4S/c1-18-10-8-9-13-23(18)24(20-11-6-5-7-12-20)26-25(28)19(2)31-22-16-14-21(15-17-22)27(3)32(4,29)30/h5-17,19,24H,1-4H3,(H,26,28)/t19-,24-/m0/s1. The number of benzene rings is 3. The summed E-state index contributed by atoms with van der Waals surface area (Å²) in [7, 11) is -1.86. The molecule has 0 bridgehead atoms. The monoisotopic (exact) mass is 452 g/mol. The topological polar surface area (TPSA) is 75.7 Å². The van der Waals surface area contributed by atoms with E-state index in [4.69, 9.17) is 4.74 Å². The molecule has 0 radical (unpaired) electrons. The number of hydrogen-bond acceptors (Lipinski definition) is 4. The number of aryl methyl sites for hydroxylation is 1. The molecule has 0 spiro atoms. The predicted octanol–water partition coefficient (Wildman–Crippen LogP) is 4.06. The molecule has 7 heteroatoms.